The van der Waals surface area contributed by atoms with Crippen LogP contribution in [0.3, 0.4) is 0 Å². The number of pyridine rings is 1. The SMILES string of the molecule is COc1ncccc1NCc1cnn(-c2ccccc2)n1. The number of nitrogens with zero attached hydrogens (tertiary/aromatic N) is 4. The first-order valence-corrected chi connectivity index (χ1v) is 6.56. The fourth-order valence-electron chi connectivity index (χ4n) is 1.94. The van der Waals surface area contributed by atoms with E-state index in [1.54, 1.807) is 24.3 Å². The molecule has 0 aliphatic rings. The summed E-state index contributed by atoms with van der Waals surface area (Å²) in [5.74, 6) is 0.563. The Labute approximate surface area is 122 Å². The van der Waals surface area contributed by atoms with Crippen LogP contribution in [0.4, 0.5) is 5.69 Å². The van der Waals surface area contributed by atoms with Gasteiger partial charge < -0.3 is 10.1 Å². The molecule has 0 aliphatic heterocycles. The summed E-state index contributed by atoms with van der Waals surface area (Å²) in [5, 5.41) is 11.9. The van der Waals surface area contributed by atoms with Crippen LogP contribution < -0.4 is 10.1 Å². The summed E-state index contributed by atoms with van der Waals surface area (Å²) < 4.78 is 5.19. The van der Waals surface area contributed by atoms with Crippen molar-refractivity contribution in [2.75, 3.05) is 12.4 Å². The molecule has 0 radical (unpaired) electrons. The van der Waals surface area contributed by atoms with Gasteiger partial charge in [-0.25, -0.2) is 4.98 Å². The summed E-state index contributed by atoms with van der Waals surface area (Å²) in [4.78, 5) is 5.74. The summed E-state index contributed by atoms with van der Waals surface area (Å²) in [5.41, 5.74) is 2.60. The second-order valence-corrected chi connectivity index (χ2v) is 4.37. The Bertz CT molecular complexity index is 711. The van der Waals surface area contributed by atoms with Crippen LogP contribution in [-0.4, -0.2) is 27.1 Å². The van der Waals surface area contributed by atoms with Gasteiger partial charge >= 0.3 is 0 Å². The topological polar surface area (TPSA) is 64.9 Å². The van der Waals surface area contributed by atoms with E-state index in [9.17, 15) is 0 Å². The normalized spacial score (nSPS) is 10.3. The van der Waals surface area contributed by atoms with E-state index in [1.807, 2.05) is 42.5 Å². The van der Waals surface area contributed by atoms with Gasteiger partial charge in [-0.2, -0.15) is 15.0 Å². The Morgan fingerprint density at radius 2 is 2.00 bits per heavy atom. The number of anilines is 1. The maximum absolute atomic E-state index is 5.19. The van der Waals surface area contributed by atoms with Gasteiger partial charge in [0.1, 0.15) is 5.69 Å². The molecule has 1 aromatic carbocycles. The van der Waals surface area contributed by atoms with Crippen molar-refractivity contribution in [3.8, 4) is 11.6 Å². The van der Waals surface area contributed by atoms with Crippen LogP contribution in [0.2, 0.25) is 0 Å². The molecule has 0 bridgehead atoms. The molecule has 0 amide bonds. The van der Waals surface area contributed by atoms with Gasteiger partial charge in [-0.05, 0) is 24.3 Å². The number of benzene rings is 1. The fourth-order valence-corrected chi connectivity index (χ4v) is 1.94. The average molecular weight is 281 g/mol. The first-order chi connectivity index (χ1) is 10.4. The summed E-state index contributed by atoms with van der Waals surface area (Å²) in [7, 11) is 1.60. The zero-order chi connectivity index (χ0) is 14.5. The molecule has 2 heterocycles. The van der Waals surface area contributed by atoms with Crippen LogP contribution >= 0.6 is 0 Å². The van der Waals surface area contributed by atoms with Gasteiger partial charge in [-0.1, -0.05) is 18.2 Å². The second kappa shape index (κ2) is 6.04. The summed E-state index contributed by atoms with van der Waals surface area (Å²) >= 11 is 0. The van der Waals surface area contributed by atoms with Gasteiger partial charge in [0.15, 0.2) is 0 Å². The van der Waals surface area contributed by atoms with Crippen molar-refractivity contribution in [2.24, 2.45) is 0 Å². The minimum absolute atomic E-state index is 0.550. The third-order valence-corrected chi connectivity index (χ3v) is 2.95. The molecular formula is C15H15N5O. The molecule has 2 aromatic heterocycles. The molecule has 106 valence electrons. The molecule has 0 unspecified atom stereocenters. The quantitative estimate of drug-likeness (QED) is 0.777. The van der Waals surface area contributed by atoms with Gasteiger partial charge in [-0.3, -0.25) is 0 Å². The lowest BCUT2D eigenvalue weighted by Gasteiger charge is -2.07. The molecule has 3 rings (SSSR count). The van der Waals surface area contributed by atoms with Crippen molar-refractivity contribution in [2.45, 2.75) is 6.54 Å². The smallest absolute Gasteiger partial charge is 0.237 e. The monoisotopic (exact) mass is 281 g/mol. The molecule has 21 heavy (non-hydrogen) atoms. The minimum Gasteiger partial charge on any atom is -0.480 e. The number of ether oxygens (including phenoxy) is 1. The lowest BCUT2D eigenvalue weighted by atomic mass is 10.3. The molecule has 0 saturated heterocycles. The zero-order valence-corrected chi connectivity index (χ0v) is 11.6. The van der Waals surface area contributed by atoms with Crippen molar-refractivity contribution in [1.29, 1.82) is 0 Å². The molecule has 6 nitrogen and oxygen atoms in total. The standard InChI is InChI=1S/C15H15N5O/c1-21-15-14(8-5-9-16-15)17-10-12-11-18-20(19-12)13-6-3-2-4-7-13/h2-9,11,17H,10H2,1H3. The summed E-state index contributed by atoms with van der Waals surface area (Å²) in [6.07, 6.45) is 3.43. The molecule has 0 atom stereocenters. The number of para-hydroxylation sites is 1. The van der Waals surface area contributed by atoms with Crippen LogP contribution in [0.15, 0.2) is 54.9 Å². The van der Waals surface area contributed by atoms with E-state index < -0.39 is 0 Å². The van der Waals surface area contributed by atoms with Crippen molar-refractivity contribution in [3.63, 3.8) is 0 Å². The molecule has 1 N–H and O–H groups in total. The number of nitrogens with one attached hydrogen (secondary N) is 1. The predicted octanol–water partition coefficient (Wildman–Crippen LogP) is 2.28. The van der Waals surface area contributed by atoms with Crippen molar-refractivity contribution in [1.82, 2.24) is 20.0 Å². The predicted molar refractivity (Wildman–Crippen MR) is 79.5 cm³/mol. The third-order valence-electron chi connectivity index (χ3n) is 2.95. The van der Waals surface area contributed by atoms with E-state index in [-0.39, 0.29) is 0 Å². The van der Waals surface area contributed by atoms with E-state index in [4.69, 9.17) is 4.74 Å². The van der Waals surface area contributed by atoms with Gasteiger partial charge in [0.05, 0.1) is 31.2 Å². The highest BCUT2D eigenvalue weighted by atomic mass is 16.5. The van der Waals surface area contributed by atoms with Crippen LogP contribution in [0, 0.1) is 0 Å². The molecule has 6 heteroatoms. The molecular weight excluding hydrogens is 266 g/mol. The summed E-state index contributed by atoms with van der Waals surface area (Å²) in [6, 6.07) is 13.6. The average Bonchev–Trinajstić information content (AvgIpc) is 3.03. The second-order valence-electron chi connectivity index (χ2n) is 4.37. The van der Waals surface area contributed by atoms with E-state index in [0.717, 1.165) is 17.1 Å². The number of aromatic nitrogens is 4. The Morgan fingerprint density at radius 3 is 2.81 bits per heavy atom. The molecule has 0 fully saturated rings. The largest absolute Gasteiger partial charge is 0.480 e. The number of hydrogen-bond donors (Lipinski definition) is 1. The van der Waals surface area contributed by atoms with Crippen molar-refractivity contribution < 1.29 is 4.74 Å². The van der Waals surface area contributed by atoms with Gasteiger partial charge in [-0.15, -0.1) is 0 Å². The first kappa shape index (κ1) is 13.1. The van der Waals surface area contributed by atoms with Crippen molar-refractivity contribution >= 4 is 5.69 Å². The number of hydrogen-bond acceptors (Lipinski definition) is 5. The van der Waals surface area contributed by atoms with E-state index in [1.165, 1.54) is 0 Å². The third kappa shape index (κ3) is 3.00. The summed E-state index contributed by atoms with van der Waals surface area (Å²) in [6.45, 7) is 0.550. The van der Waals surface area contributed by atoms with Crippen LogP contribution in [0.1, 0.15) is 5.69 Å². The lowest BCUT2D eigenvalue weighted by molar-refractivity contribution is 0.399. The van der Waals surface area contributed by atoms with E-state index in [0.29, 0.717) is 12.4 Å². The van der Waals surface area contributed by atoms with Crippen molar-refractivity contribution in [3.05, 3.63) is 60.6 Å². The zero-order valence-electron chi connectivity index (χ0n) is 11.6. The van der Waals surface area contributed by atoms with E-state index >= 15 is 0 Å². The molecule has 3 aromatic rings. The van der Waals surface area contributed by atoms with Crippen LogP contribution in [0.25, 0.3) is 5.69 Å². The maximum Gasteiger partial charge on any atom is 0.237 e. The van der Waals surface area contributed by atoms with Crippen LogP contribution in [0.5, 0.6) is 5.88 Å². The Morgan fingerprint density at radius 1 is 1.14 bits per heavy atom. The number of methoxy groups -OCH3 is 1. The Hall–Kier alpha value is -2.89. The van der Waals surface area contributed by atoms with Gasteiger partial charge in [0.2, 0.25) is 5.88 Å². The molecule has 0 aliphatic carbocycles. The molecule has 0 spiro atoms. The highest BCUT2D eigenvalue weighted by Gasteiger charge is 2.05. The maximum atomic E-state index is 5.19. The van der Waals surface area contributed by atoms with Gasteiger partial charge in [0.25, 0.3) is 0 Å². The fraction of sp³-hybridized carbons (Fsp3) is 0.133. The molecule has 0 saturated carbocycles. The van der Waals surface area contributed by atoms with E-state index in [2.05, 4.69) is 20.5 Å². The highest BCUT2D eigenvalue weighted by molar-refractivity contribution is 5.51. The van der Waals surface area contributed by atoms with Crippen LogP contribution in [-0.2, 0) is 6.54 Å². The first-order valence-electron chi connectivity index (χ1n) is 6.56. The minimum atomic E-state index is 0.550. The highest BCUT2D eigenvalue weighted by Crippen LogP contribution is 2.20. The Kier molecular flexibility index (Phi) is 3.77. The lowest BCUT2D eigenvalue weighted by Crippen LogP contribution is -2.04. The van der Waals surface area contributed by atoms with Gasteiger partial charge in [0, 0.05) is 6.20 Å². The Balaban J connectivity index is 1.71. The number of rotatable bonds is 5.